The molecule has 0 saturated heterocycles. The van der Waals surface area contributed by atoms with Crippen molar-refractivity contribution in [3.05, 3.63) is 24.0 Å². The second-order valence-electron chi connectivity index (χ2n) is 4.30. The zero-order valence-corrected chi connectivity index (χ0v) is 10.3. The van der Waals surface area contributed by atoms with Crippen LogP contribution in [-0.4, -0.2) is 35.8 Å². The van der Waals surface area contributed by atoms with Crippen molar-refractivity contribution in [3.63, 3.8) is 0 Å². The number of nitrogens with one attached hydrogen (secondary N) is 1. The molecule has 0 atom stereocenters. The summed E-state index contributed by atoms with van der Waals surface area (Å²) in [6.07, 6.45) is 3.59. The molecule has 2 rings (SSSR count). The van der Waals surface area contributed by atoms with Crippen LogP contribution in [0, 0.1) is 0 Å². The third-order valence-electron chi connectivity index (χ3n) is 2.39. The summed E-state index contributed by atoms with van der Waals surface area (Å²) in [6, 6.07) is 0.443. The van der Waals surface area contributed by atoms with Gasteiger partial charge in [-0.05, 0) is 0 Å². The molecular formula is C10H17N7. The van der Waals surface area contributed by atoms with E-state index in [1.54, 1.807) is 11.0 Å². The van der Waals surface area contributed by atoms with E-state index in [4.69, 9.17) is 0 Å². The van der Waals surface area contributed by atoms with Crippen molar-refractivity contribution >= 4 is 0 Å². The van der Waals surface area contributed by atoms with Crippen LogP contribution in [0.4, 0.5) is 0 Å². The number of rotatable bonds is 5. The first-order chi connectivity index (χ1) is 8.15. The summed E-state index contributed by atoms with van der Waals surface area (Å²) in [5, 5.41) is 19.3. The van der Waals surface area contributed by atoms with Crippen molar-refractivity contribution in [2.24, 2.45) is 7.05 Å². The molecule has 0 aromatic carbocycles. The Morgan fingerprint density at radius 2 is 2.18 bits per heavy atom. The highest BCUT2D eigenvalue weighted by atomic mass is 15.4. The maximum absolute atomic E-state index is 4.09. The first-order valence-electron chi connectivity index (χ1n) is 5.60. The van der Waals surface area contributed by atoms with Crippen LogP contribution >= 0.6 is 0 Å². The van der Waals surface area contributed by atoms with E-state index in [9.17, 15) is 0 Å². The minimum atomic E-state index is 0.443. The van der Waals surface area contributed by atoms with Gasteiger partial charge >= 0.3 is 0 Å². The maximum atomic E-state index is 4.09. The summed E-state index contributed by atoms with van der Waals surface area (Å²) >= 11 is 0. The van der Waals surface area contributed by atoms with Gasteiger partial charge in [-0.2, -0.15) is 0 Å². The number of aryl methyl sites for hydroxylation is 1. The Morgan fingerprint density at radius 1 is 1.35 bits per heavy atom. The number of hydrogen-bond acceptors (Lipinski definition) is 5. The fourth-order valence-corrected chi connectivity index (χ4v) is 1.40. The first-order valence-corrected chi connectivity index (χ1v) is 5.60. The van der Waals surface area contributed by atoms with Crippen LogP contribution in [0.25, 0.3) is 0 Å². The van der Waals surface area contributed by atoms with Crippen LogP contribution in [0.5, 0.6) is 0 Å². The van der Waals surface area contributed by atoms with E-state index in [0.29, 0.717) is 12.6 Å². The van der Waals surface area contributed by atoms with Crippen molar-refractivity contribution in [2.45, 2.75) is 33.0 Å². The van der Waals surface area contributed by atoms with Crippen molar-refractivity contribution < 1.29 is 0 Å². The Balaban J connectivity index is 1.97. The van der Waals surface area contributed by atoms with Gasteiger partial charge in [-0.3, -0.25) is 0 Å². The van der Waals surface area contributed by atoms with E-state index in [2.05, 4.69) is 39.7 Å². The van der Waals surface area contributed by atoms with Crippen molar-refractivity contribution in [3.8, 4) is 0 Å². The largest absolute Gasteiger partial charge is 0.319 e. The average molecular weight is 235 g/mol. The van der Waals surface area contributed by atoms with Crippen LogP contribution in [0.1, 0.15) is 25.4 Å². The fourth-order valence-electron chi connectivity index (χ4n) is 1.40. The molecule has 0 spiro atoms. The van der Waals surface area contributed by atoms with Crippen LogP contribution in [-0.2, 0) is 20.1 Å². The first kappa shape index (κ1) is 11.7. The normalized spacial score (nSPS) is 11.3. The summed E-state index contributed by atoms with van der Waals surface area (Å²) in [4.78, 5) is 0. The highest BCUT2D eigenvalue weighted by Gasteiger charge is 2.05. The van der Waals surface area contributed by atoms with Gasteiger partial charge in [0.1, 0.15) is 12.9 Å². The van der Waals surface area contributed by atoms with Crippen LogP contribution in [0.15, 0.2) is 12.5 Å². The molecule has 92 valence electrons. The summed E-state index contributed by atoms with van der Waals surface area (Å²) in [6.45, 7) is 5.52. The maximum Gasteiger partial charge on any atom is 0.154 e. The lowest BCUT2D eigenvalue weighted by atomic mass is 10.3. The molecule has 1 N–H and O–H groups in total. The Hall–Kier alpha value is -1.76. The molecule has 2 aromatic heterocycles. The fraction of sp³-hybridized carbons (Fsp3) is 0.600. The van der Waals surface area contributed by atoms with Crippen LogP contribution in [0.2, 0.25) is 0 Å². The second-order valence-corrected chi connectivity index (χ2v) is 4.30. The lowest BCUT2D eigenvalue weighted by Gasteiger charge is -2.04. The van der Waals surface area contributed by atoms with Gasteiger partial charge in [0.15, 0.2) is 5.82 Å². The van der Waals surface area contributed by atoms with E-state index >= 15 is 0 Å². The highest BCUT2D eigenvalue weighted by Crippen LogP contribution is 1.98. The van der Waals surface area contributed by atoms with Gasteiger partial charge in [-0.1, -0.05) is 19.1 Å². The molecule has 2 aromatic rings. The van der Waals surface area contributed by atoms with Gasteiger partial charge in [-0.15, -0.1) is 15.3 Å². The van der Waals surface area contributed by atoms with E-state index in [1.165, 1.54) is 0 Å². The number of hydrogen-bond donors (Lipinski definition) is 1. The van der Waals surface area contributed by atoms with E-state index < -0.39 is 0 Å². The van der Waals surface area contributed by atoms with Crippen molar-refractivity contribution in [1.82, 2.24) is 35.1 Å². The Bertz CT molecular complexity index is 470. The predicted octanol–water partition coefficient (Wildman–Crippen LogP) is -0.0471. The second kappa shape index (κ2) is 5.05. The average Bonchev–Trinajstić information content (AvgIpc) is 2.87. The van der Waals surface area contributed by atoms with Gasteiger partial charge in [0.2, 0.25) is 0 Å². The molecule has 0 saturated carbocycles. The summed E-state index contributed by atoms with van der Waals surface area (Å²) < 4.78 is 3.63. The van der Waals surface area contributed by atoms with E-state index in [1.807, 2.05) is 17.8 Å². The molecule has 0 aliphatic rings. The molecular weight excluding hydrogens is 218 g/mol. The van der Waals surface area contributed by atoms with Gasteiger partial charge in [0.25, 0.3) is 0 Å². The minimum Gasteiger partial charge on any atom is -0.319 e. The van der Waals surface area contributed by atoms with Gasteiger partial charge in [-0.25, -0.2) is 4.68 Å². The zero-order chi connectivity index (χ0) is 12.3. The third kappa shape index (κ3) is 3.10. The van der Waals surface area contributed by atoms with E-state index in [0.717, 1.165) is 18.1 Å². The van der Waals surface area contributed by atoms with Crippen LogP contribution in [0.3, 0.4) is 0 Å². The molecule has 7 heteroatoms. The Labute approximate surface area is 99.9 Å². The quantitative estimate of drug-likeness (QED) is 0.786. The molecule has 0 aliphatic heterocycles. The van der Waals surface area contributed by atoms with Gasteiger partial charge in [0.05, 0.1) is 11.9 Å². The topological polar surface area (TPSA) is 73.5 Å². The van der Waals surface area contributed by atoms with Crippen molar-refractivity contribution in [1.29, 1.82) is 0 Å². The van der Waals surface area contributed by atoms with Crippen LogP contribution < -0.4 is 5.32 Å². The monoisotopic (exact) mass is 235 g/mol. The van der Waals surface area contributed by atoms with E-state index in [-0.39, 0.29) is 0 Å². The SMILES string of the molecule is CC(C)NCc1cn(Cc2nncn2C)nn1. The Morgan fingerprint density at radius 3 is 2.82 bits per heavy atom. The molecule has 0 aliphatic carbocycles. The van der Waals surface area contributed by atoms with Crippen molar-refractivity contribution in [2.75, 3.05) is 0 Å². The summed E-state index contributed by atoms with van der Waals surface area (Å²) in [5.74, 6) is 0.860. The zero-order valence-electron chi connectivity index (χ0n) is 10.3. The molecule has 0 bridgehead atoms. The molecule has 7 nitrogen and oxygen atoms in total. The summed E-state index contributed by atoms with van der Waals surface area (Å²) in [7, 11) is 1.91. The molecule has 0 amide bonds. The smallest absolute Gasteiger partial charge is 0.154 e. The standard InChI is InChI=1S/C10H17N7/c1-8(2)11-4-9-5-17(15-13-9)6-10-14-12-7-16(10)3/h5,7-8,11H,4,6H2,1-3H3. The molecule has 0 fully saturated rings. The lowest BCUT2D eigenvalue weighted by Crippen LogP contribution is -2.21. The third-order valence-corrected chi connectivity index (χ3v) is 2.39. The van der Waals surface area contributed by atoms with Gasteiger partial charge < -0.3 is 9.88 Å². The number of nitrogens with zero attached hydrogens (tertiary/aromatic N) is 6. The highest BCUT2D eigenvalue weighted by molar-refractivity contribution is 4.94. The predicted molar refractivity (Wildman–Crippen MR) is 62.1 cm³/mol. The lowest BCUT2D eigenvalue weighted by molar-refractivity contribution is 0.580. The summed E-state index contributed by atoms with van der Waals surface area (Å²) in [5.41, 5.74) is 0.931. The molecule has 2 heterocycles. The Kier molecular flexibility index (Phi) is 3.48. The minimum absolute atomic E-state index is 0.443. The molecule has 0 unspecified atom stereocenters. The van der Waals surface area contributed by atoms with Gasteiger partial charge in [0, 0.05) is 19.6 Å². The number of aromatic nitrogens is 6. The molecule has 17 heavy (non-hydrogen) atoms. The molecule has 0 radical (unpaired) electrons.